The second-order valence-electron chi connectivity index (χ2n) is 7.51. The molecule has 1 atom stereocenters. The summed E-state index contributed by atoms with van der Waals surface area (Å²) in [6, 6.07) is 10.1. The van der Waals surface area contributed by atoms with E-state index in [-0.39, 0.29) is 11.3 Å². The summed E-state index contributed by atoms with van der Waals surface area (Å²) in [7, 11) is 2.73. The number of aromatic nitrogens is 1. The molecule has 37 heavy (non-hydrogen) atoms. The Labute approximate surface area is 208 Å². The molecule has 3 aromatic rings. The van der Waals surface area contributed by atoms with Gasteiger partial charge in [0.2, 0.25) is 6.41 Å². The summed E-state index contributed by atoms with van der Waals surface area (Å²) in [6.07, 6.45) is -7.33. The van der Waals surface area contributed by atoms with Crippen LogP contribution in [0.4, 0.5) is 32.0 Å². The molecule has 0 radical (unpaired) electrons. The van der Waals surface area contributed by atoms with Crippen LogP contribution in [-0.4, -0.2) is 31.5 Å². The number of methoxy groups -OCH3 is 1. The number of nitrogens with one attached hydrogen (secondary N) is 2. The Balaban J connectivity index is 0.000000294. The van der Waals surface area contributed by atoms with Crippen LogP contribution in [0.15, 0.2) is 60.8 Å². The van der Waals surface area contributed by atoms with Crippen molar-refractivity contribution in [1.29, 1.82) is 0 Å². The van der Waals surface area contributed by atoms with Crippen LogP contribution in [0.5, 0.6) is 0 Å². The molecule has 3 rings (SSSR count). The minimum Gasteiger partial charge on any atom is -0.465 e. The summed E-state index contributed by atoms with van der Waals surface area (Å²) < 4.78 is 81.5. The molecule has 2 N–H and O–H groups in total. The van der Waals surface area contributed by atoms with Gasteiger partial charge in [0.25, 0.3) is 0 Å². The molecule has 0 saturated carbocycles. The zero-order chi connectivity index (χ0) is 27.8. The molecule has 1 unspecified atom stereocenters. The van der Waals surface area contributed by atoms with Gasteiger partial charge < -0.3 is 15.4 Å². The minimum absolute atomic E-state index is 0.254. The van der Waals surface area contributed by atoms with E-state index in [1.165, 1.54) is 20.4 Å². The second-order valence-corrected chi connectivity index (χ2v) is 7.51. The highest BCUT2D eigenvalue weighted by atomic mass is 19.4. The molecule has 0 spiro atoms. The lowest BCUT2D eigenvalue weighted by atomic mass is 9.98. The fraction of sp³-hybridized carbons (Fsp3) is 0.240. The molecule has 0 saturated heterocycles. The predicted molar refractivity (Wildman–Crippen MR) is 124 cm³/mol. The average molecular weight is 527 g/mol. The molecular formula is C25H23F6N3O3. The van der Waals surface area contributed by atoms with Gasteiger partial charge in [-0.15, -0.1) is 0 Å². The Morgan fingerprint density at radius 3 is 2.14 bits per heavy atom. The molecule has 2 aromatic carbocycles. The van der Waals surface area contributed by atoms with Crippen LogP contribution in [0.25, 0.3) is 0 Å². The van der Waals surface area contributed by atoms with Gasteiger partial charge in [-0.3, -0.25) is 9.78 Å². The minimum atomic E-state index is -4.61. The summed E-state index contributed by atoms with van der Waals surface area (Å²) in [5.74, 6) is -0.406. The Bertz CT molecular complexity index is 1210. The van der Waals surface area contributed by atoms with Gasteiger partial charge in [0, 0.05) is 11.9 Å². The van der Waals surface area contributed by atoms with Gasteiger partial charge in [-0.05, 0) is 61.5 Å². The van der Waals surface area contributed by atoms with Gasteiger partial charge in [0.15, 0.2) is 0 Å². The first-order chi connectivity index (χ1) is 17.3. The molecular weight excluding hydrogens is 504 g/mol. The van der Waals surface area contributed by atoms with Gasteiger partial charge in [0.1, 0.15) is 0 Å². The number of pyridine rings is 1. The van der Waals surface area contributed by atoms with Crippen LogP contribution in [-0.2, 0) is 21.9 Å². The Morgan fingerprint density at radius 2 is 1.62 bits per heavy atom. The molecule has 1 heterocycles. The number of anilines is 1. The third-order valence-corrected chi connectivity index (χ3v) is 5.23. The first-order valence-corrected chi connectivity index (χ1v) is 10.6. The van der Waals surface area contributed by atoms with Gasteiger partial charge in [-0.1, -0.05) is 18.2 Å². The van der Waals surface area contributed by atoms with Crippen molar-refractivity contribution >= 4 is 18.1 Å². The number of hydrogen-bond donors (Lipinski definition) is 2. The van der Waals surface area contributed by atoms with Crippen LogP contribution in [0.3, 0.4) is 0 Å². The molecule has 6 nitrogen and oxygen atoms in total. The smallest absolute Gasteiger partial charge is 0.418 e. The van der Waals surface area contributed by atoms with Gasteiger partial charge >= 0.3 is 18.3 Å². The molecule has 12 heteroatoms. The summed E-state index contributed by atoms with van der Waals surface area (Å²) in [5.41, 5.74) is -0.0620. The van der Waals surface area contributed by atoms with Gasteiger partial charge in [0.05, 0.1) is 35.5 Å². The maximum absolute atomic E-state index is 13.1. The predicted octanol–water partition coefficient (Wildman–Crippen LogP) is 5.78. The van der Waals surface area contributed by atoms with Crippen molar-refractivity contribution in [2.75, 3.05) is 19.5 Å². The Hall–Kier alpha value is -3.93. The topological polar surface area (TPSA) is 80.3 Å². The van der Waals surface area contributed by atoms with Crippen molar-refractivity contribution in [3.63, 3.8) is 0 Å². The lowest BCUT2D eigenvalue weighted by Gasteiger charge is -2.21. The summed E-state index contributed by atoms with van der Waals surface area (Å²) >= 11 is 0. The quantitative estimate of drug-likeness (QED) is 0.242. The van der Waals surface area contributed by atoms with Crippen molar-refractivity contribution in [3.05, 3.63) is 94.3 Å². The van der Waals surface area contributed by atoms with Crippen LogP contribution in [0.2, 0.25) is 0 Å². The summed E-state index contributed by atoms with van der Waals surface area (Å²) in [4.78, 5) is 25.3. The molecule has 0 bridgehead atoms. The fourth-order valence-corrected chi connectivity index (χ4v) is 3.40. The zero-order valence-corrected chi connectivity index (χ0v) is 19.9. The zero-order valence-electron chi connectivity index (χ0n) is 19.9. The van der Waals surface area contributed by atoms with Crippen molar-refractivity contribution in [1.82, 2.24) is 10.3 Å². The summed E-state index contributed by atoms with van der Waals surface area (Å²) in [5, 5.41) is 5.17. The number of nitrogens with zero attached hydrogens (tertiary/aromatic N) is 1. The van der Waals surface area contributed by atoms with E-state index in [0.29, 0.717) is 23.2 Å². The first kappa shape index (κ1) is 29.3. The van der Waals surface area contributed by atoms with E-state index in [1.54, 1.807) is 25.1 Å². The monoisotopic (exact) mass is 527 g/mol. The molecule has 0 aliphatic rings. The third kappa shape index (κ3) is 7.53. The number of carbonyl (C=O) groups is 2. The number of benzene rings is 2. The molecule has 198 valence electrons. The first-order valence-electron chi connectivity index (χ1n) is 10.6. The largest absolute Gasteiger partial charge is 0.465 e. The Morgan fingerprint density at radius 1 is 0.973 bits per heavy atom. The number of alkyl halides is 6. The van der Waals surface area contributed by atoms with E-state index >= 15 is 0 Å². The van der Waals surface area contributed by atoms with Crippen molar-refractivity contribution in [2.45, 2.75) is 25.3 Å². The third-order valence-electron chi connectivity index (χ3n) is 5.23. The summed E-state index contributed by atoms with van der Waals surface area (Å²) in [6.45, 7) is 1.75. The average Bonchev–Trinajstić information content (AvgIpc) is 2.85. The van der Waals surface area contributed by atoms with Crippen molar-refractivity contribution in [2.24, 2.45) is 0 Å². The van der Waals surface area contributed by atoms with E-state index in [2.05, 4.69) is 20.4 Å². The number of amides is 1. The highest BCUT2D eigenvalue weighted by Gasteiger charge is 2.36. The van der Waals surface area contributed by atoms with Gasteiger partial charge in [-0.25, -0.2) is 4.79 Å². The molecule has 0 aliphatic carbocycles. The highest BCUT2D eigenvalue weighted by molar-refractivity contribution is 5.93. The van der Waals surface area contributed by atoms with E-state index in [1.807, 2.05) is 0 Å². The molecule has 1 amide bonds. The van der Waals surface area contributed by atoms with Crippen LogP contribution < -0.4 is 10.6 Å². The van der Waals surface area contributed by atoms with Gasteiger partial charge in [-0.2, -0.15) is 26.3 Å². The SMILES string of the molecule is CNC(c1ccc(C(F)(F)F)cc1)c1ncccc1C(F)(F)F.COC(=O)c1cccc(NC=O)c1C. The van der Waals surface area contributed by atoms with Crippen LogP contribution in [0.1, 0.15) is 44.3 Å². The molecule has 0 fully saturated rings. The lowest BCUT2D eigenvalue weighted by Crippen LogP contribution is -2.23. The number of hydrogen-bond acceptors (Lipinski definition) is 5. The standard InChI is InChI=1S/C15H12F6N2.C10H11NO3/c1-22-12(9-4-6-10(7-5-9)14(16,17)18)13-11(15(19,20)21)3-2-8-23-13;1-7-8(10(13)14-2)4-3-5-9(7)11-6-12/h2-8,12,22H,1H3;3-6H,1-2H3,(H,11,12). The normalized spacial score (nSPS) is 12.1. The Kier molecular flexibility index (Phi) is 9.78. The number of ether oxygens (including phenoxy) is 1. The number of esters is 1. The van der Waals surface area contributed by atoms with E-state index in [4.69, 9.17) is 0 Å². The van der Waals surface area contributed by atoms with Crippen molar-refractivity contribution < 1.29 is 40.7 Å². The maximum Gasteiger partial charge on any atom is 0.418 e. The van der Waals surface area contributed by atoms with Crippen molar-refractivity contribution in [3.8, 4) is 0 Å². The number of carbonyl (C=O) groups excluding carboxylic acids is 2. The number of halogens is 6. The number of rotatable bonds is 6. The highest BCUT2D eigenvalue weighted by Crippen LogP contribution is 2.36. The maximum atomic E-state index is 13.1. The van der Waals surface area contributed by atoms with E-state index in [9.17, 15) is 35.9 Å². The second kappa shape index (κ2) is 12.3. The van der Waals surface area contributed by atoms with E-state index < -0.39 is 35.5 Å². The molecule has 1 aromatic heterocycles. The van der Waals surface area contributed by atoms with E-state index in [0.717, 1.165) is 36.4 Å². The van der Waals surface area contributed by atoms with Crippen LogP contribution in [0, 0.1) is 6.92 Å². The van der Waals surface area contributed by atoms with Crippen LogP contribution >= 0.6 is 0 Å². The fourth-order valence-electron chi connectivity index (χ4n) is 3.40. The molecule has 0 aliphatic heterocycles. The lowest BCUT2D eigenvalue weighted by molar-refractivity contribution is -0.139.